The summed E-state index contributed by atoms with van der Waals surface area (Å²) in [4.78, 5) is 2.22. The van der Waals surface area contributed by atoms with E-state index in [-0.39, 0.29) is 12.1 Å². The van der Waals surface area contributed by atoms with E-state index in [9.17, 15) is 5.11 Å². The van der Waals surface area contributed by atoms with Crippen LogP contribution in [0.25, 0.3) is 0 Å². The molecule has 0 spiro atoms. The number of hydrogen-bond acceptors (Lipinski definition) is 5. The van der Waals surface area contributed by atoms with Crippen LogP contribution < -0.4 is 0 Å². The van der Waals surface area contributed by atoms with Gasteiger partial charge < -0.3 is 9.84 Å². The number of hydrogen-bond donors (Lipinski definition) is 1. The second kappa shape index (κ2) is 6.20. The first-order chi connectivity index (χ1) is 9.40. The second-order valence-electron chi connectivity index (χ2n) is 6.15. The van der Waals surface area contributed by atoms with Crippen LogP contribution in [0.5, 0.6) is 0 Å². The van der Waals surface area contributed by atoms with Crippen LogP contribution in [-0.4, -0.2) is 57.3 Å². The molecule has 6 heteroatoms. The van der Waals surface area contributed by atoms with E-state index in [1.807, 2.05) is 33.9 Å². The molecule has 1 aromatic heterocycles. The average molecular weight is 282 g/mol. The first kappa shape index (κ1) is 15.4. The topological polar surface area (TPSA) is 63.4 Å². The van der Waals surface area contributed by atoms with E-state index in [2.05, 4.69) is 15.2 Å². The van der Waals surface area contributed by atoms with Gasteiger partial charge in [0.15, 0.2) is 0 Å². The summed E-state index contributed by atoms with van der Waals surface area (Å²) in [5.74, 6) is 0. The number of ether oxygens (including phenoxy) is 1. The fourth-order valence-corrected chi connectivity index (χ4v) is 2.43. The molecule has 1 aliphatic heterocycles. The molecule has 1 fully saturated rings. The fraction of sp³-hybridized carbons (Fsp3) is 0.857. The van der Waals surface area contributed by atoms with Gasteiger partial charge in [-0.25, -0.2) is 4.68 Å². The van der Waals surface area contributed by atoms with Crippen molar-refractivity contribution in [1.82, 2.24) is 19.9 Å². The zero-order valence-corrected chi connectivity index (χ0v) is 12.9. The third kappa shape index (κ3) is 3.56. The highest BCUT2D eigenvalue weighted by molar-refractivity contribution is 5.11. The van der Waals surface area contributed by atoms with Gasteiger partial charge in [-0.15, -0.1) is 5.10 Å². The van der Waals surface area contributed by atoms with E-state index in [0.717, 1.165) is 13.1 Å². The minimum atomic E-state index is -0.870. The molecular weight excluding hydrogens is 256 g/mol. The van der Waals surface area contributed by atoms with Crippen molar-refractivity contribution in [3.63, 3.8) is 0 Å². The quantitative estimate of drug-likeness (QED) is 0.849. The van der Waals surface area contributed by atoms with Gasteiger partial charge in [-0.05, 0) is 34.1 Å². The Morgan fingerprint density at radius 1 is 1.40 bits per heavy atom. The molecule has 0 bridgehead atoms. The molecule has 2 rings (SSSR count). The lowest BCUT2D eigenvalue weighted by Gasteiger charge is -2.21. The third-order valence-electron chi connectivity index (χ3n) is 3.70. The number of β-amino-alcohol motifs (C(OH)–C–C–N with tert-alkyl or cyclic N) is 1. The van der Waals surface area contributed by atoms with Gasteiger partial charge in [-0.2, -0.15) is 0 Å². The predicted molar refractivity (Wildman–Crippen MR) is 76.4 cm³/mol. The number of aromatic nitrogens is 3. The van der Waals surface area contributed by atoms with Gasteiger partial charge in [-0.1, -0.05) is 5.21 Å². The van der Waals surface area contributed by atoms with E-state index in [1.165, 1.54) is 0 Å². The monoisotopic (exact) mass is 282 g/mol. The largest absolute Gasteiger partial charge is 0.382 e. The summed E-state index contributed by atoms with van der Waals surface area (Å²) in [6.45, 7) is 11.2. The van der Waals surface area contributed by atoms with Crippen molar-refractivity contribution in [1.29, 1.82) is 0 Å². The van der Waals surface area contributed by atoms with Crippen LogP contribution in [0.1, 0.15) is 45.9 Å². The van der Waals surface area contributed by atoms with Crippen LogP contribution >= 0.6 is 0 Å². The van der Waals surface area contributed by atoms with E-state index < -0.39 is 5.60 Å². The molecule has 1 saturated heterocycles. The Labute approximate surface area is 120 Å². The van der Waals surface area contributed by atoms with E-state index in [4.69, 9.17) is 4.74 Å². The van der Waals surface area contributed by atoms with E-state index in [0.29, 0.717) is 25.3 Å². The molecule has 114 valence electrons. The van der Waals surface area contributed by atoms with Crippen LogP contribution in [0.2, 0.25) is 0 Å². The van der Waals surface area contributed by atoms with Crippen molar-refractivity contribution >= 4 is 0 Å². The third-order valence-corrected chi connectivity index (χ3v) is 3.70. The Bertz CT molecular complexity index is 433. The van der Waals surface area contributed by atoms with Crippen molar-refractivity contribution in [2.24, 2.45) is 0 Å². The van der Waals surface area contributed by atoms with Gasteiger partial charge in [0.2, 0.25) is 0 Å². The minimum Gasteiger partial charge on any atom is -0.382 e. The summed E-state index contributed by atoms with van der Waals surface area (Å²) >= 11 is 0. The molecule has 0 aromatic carbocycles. The number of rotatable bonds is 6. The maximum atomic E-state index is 10.7. The maximum absolute atomic E-state index is 10.7. The summed E-state index contributed by atoms with van der Waals surface area (Å²) in [5.41, 5.74) is -0.191. The SMILES string of the molecule is CC(C)OCCN1CCC(O)(c2cn(C(C)C)nn2)C1. The molecule has 1 N–H and O–H groups in total. The highest BCUT2D eigenvalue weighted by atomic mass is 16.5. The Kier molecular flexibility index (Phi) is 4.78. The molecule has 6 nitrogen and oxygen atoms in total. The Hall–Kier alpha value is -0.980. The molecule has 0 radical (unpaired) electrons. The molecule has 2 heterocycles. The van der Waals surface area contributed by atoms with Gasteiger partial charge in [0, 0.05) is 25.7 Å². The summed E-state index contributed by atoms with van der Waals surface area (Å²) in [6.07, 6.45) is 2.81. The lowest BCUT2D eigenvalue weighted by Crippen LogP contribution is -2.33. The zero-order chi connectivity index (χ0) is 14.8. The van der Waals surface area contributed by atoms with Crippen LogP contribution in [-0.2, 0) is 10.3 Å². The highest BCUT2D eigenvalue weighted by Gasteiger charge is 2.39. The first-order valence-corrected chi connectivity index (χ1v) is 7.39. The summed E-state index contributed by atoms with van der Waals surface area (Å²) in [7, 11) is 0. The fourth-order valence-electron chi connectivity index (χ4n) is 2.43. The van der Waals surface area contributed by atoms with E-state index in [1.54, 1.807) is 4.68 Å². The zero-order valence-electron chi connectivity index (χ0n) is 12.9. The van der Waals surface area contributed by atoms with Crippen molar-refractivity contribution in [2.45, 2.75) is 51.9 Å². The van der Waals surface area contributed by atoms with Gasteiger partial charge in [0.25, 0.3) is 0 Å². The Balaban J connectivity index is 1.91. The Morgan fingerprint density at radius 3 is 2.75 bits per heavy atom. The predicted octanol–water partition coefficient (Wildman–Crippen LogP) is 1.18. The van der Waals surface area contributed by atoms with Crippen LogP contribution in [0.15, 0.2) is 6.20 Å². The molecule has 0 amide bonds. The summed E-state index contributed by atoms with van der Waals surface area (Å²) < 4.78 is 7.35. The second-order valence-corrected chi connectivity index (χ2v) is 6.15. The molecule has 1 unspecified atom stereocenters. The van der Waals surface area contributed by atoms with E-state index >= 15 is 0 Å². The van der Waals surface area contributed by atoms with Crippen molar-refractivity contribution in [3.8, 4) is 0 Å². The minimum absolute atomic E-state index is 0.252. The molecule has 0 aliphatic carbocycles. The molecule has 20 heavy (non-hydrogen) atoms. The molecule has 0 saturated carbocycles. The first-order valence-electron chi connectivity index (χ1n) is 7.39. The molecule has 1 aliphatic rings. The highest BCUT2D eigenvalue weighted by Crippen LogP contribution is 2.30. The summed E-state index contributed by atoms with van der Waals surface area (Å²) in [6, 6.07) is 0.261. The van der Waals surface area contributed by atoms with Gasteiger partial charge in [0.05, 0.1) is 18.9 Å². The lowest BCUT2D eigenvalue weighted by atomic mass is 10.00. The van der Waals surface area contributed by atoms with Crippen molar-refractivity contribution in [2.75, 3.05) is 26.2 Å². The van der Waals surface area contributed by atoms with Gasteiger partial charge in [-0.3, -0.25) is 4.90 Å². The van der Waals surface area contributed by atoms with Gasteiger partial charge in [0.1, 0.15) is 11.3 Å². The van der Waals surface area contributed by atoms with Crippen molar-refractivity contribution < 1.29 is 9.84 Å². The Morgan fingerprint density at radius 2 is 2.15 bits per heavy atom. The molecule has 1 atom stereocenters. The van der Waals surface area contributed by atoms with Crippen LogP contribution in [0, 0.1) is 0 Å². The summed E-state index contributed by atoms with van der Waals surface area (Å²) in [5, 5.41) is 19.0. The lowest BCUT2D eigenvalue weighted by molar-refractivity contribution is 0.0301. The smallest absolute Gasteiger partial charge is 0.124 e. The van der Waals surface area contributed by atoms with Crippen LogP contribution in [0.3, 0.4) is 0 Å². The maximum Gasteiger partial charge on any atom is 0.124 e. The average Bonchev–Trinajstić information content (AvgIpc) is 2.96. The standard InChI is InChI=1S/C14H26N4O2/c1-11(2)18-9-13(15-16-18)14(19)5-6-17(10-14)7-8-20-12(3)4/h9,11-12,19H,5-8,10H2,1-4H3. The molecule has 1 aromatic rings. The van der Waals surface area contributed by atoms with Crippen LogP contribution in [0.4, 0.5) is 0 Å². The van der Waals surface area contributed by atoms with Crippen molar-refractivity contribution in [3.05, 3.63) is 11.9 Å². The number of likely N-dealkylation sites (tertiary alicyclic amines) is 1. The van der Waals surface area contributed by atoms with Gasteiger partial charge >= 0.3 is 0 Å². The normalized spacial score (nSPS) is 24.1. The molecular formula is C14H26N4O2. The number of nitrogens with zero attached hydrogens (tertiary/aromatic N) is 4. The number of aliphatic hydroxyl groups is 1.